The lowest BCUT2D eigenvalue weighted by Gasteiger charge is -2.32. The number of carbonyl (C=O) groups is 1. The van der Waals surface area contributed by atoms with Crippen molar-refractivity contribution >= 4 is 5.97 Å². The lowest BCUT2D eigenvalue weighted by atomic mass is 9.84. The molecular formula is C16H31NO3. The Morgan fingerprint density at radius 1 is 1.45 bits per heavy atom. The van der Waals surface area contributed by atoms with Gasteiger partial charge in [0.05, 0.1) is 0 Å². The number of aliphatic carboxylic acids is 1. The highest BCUT2D eigenvalue weighted by Crippen LogP contribution is 2.38. The van der Waals surface area contributed by atoms with Crippen molar-refractivity contribution < 1.29 is 14.6 Å². The third kappa shape index (κ3) is 4.74. The first-order valence-corrected chi connectivity index (χ1v) is 8.09. The van der Waals surface area contributed by atoms with Crippen LogP contribution in [0.4, 0.5) is 0 Å². The molecule has 0 radical (unpaired) electrons. The number of hydrogen-bond donors (Lipinski definition) is 2. The molecule has 0 aliphatic heterocycles. The highest BCUT2D eigenvalue weighted by molar-refractivity contribution is 5.79. The van der Waals surface area contributed by atoms with E-state index in [1.54, 1.807) is 0 Å². The molecule has 20 heavy (non-hydrogen) atoms. The van der Waals surface area contributed by atoms with Gasteiger partial charge in [-0.3, -0.25) is 4.79 Å². The molecule has 2 N–H and O–H groups in total. The maximum atomic E-state index is 11.7. The van der Waals surface area contributed by atoms with Gasteiger partial charge in [-0.2, -0.15) is 0 Å². The van der Waals surface area contributed by atoms with Crippen LogP contribution in [0, 0.1) is 11.8 Å². The van der Waals surface area contributed by atoms with Gasteiger partial charge in [0.2, 0.25) is 0 Å². The Balaban J connectivity index is 2.43. The molecule has 1 saturated carbocycles. The van der Waals surface area contributed by atoms with Gasteiger partial charge in [-0.1, -0.05) is 27.2 Å². The molecule has 2 unspecified atom stereocenters. The van der Waals surface area contributed by atoms with E-state index in [4.69, 9.17) is 4.74 Å². The van der Waals surface area contributed by atoms with E-state index >= 15 is 0 Å². The van der Waals surface area contributed by atoms with Crippen LogP contribution in [0.25, 0.3) is 0 Å². The summed E-state index contributed by atoms with van der Waals surface area (Å²) in [5, 5.41) is 12.9. The zero-order chi connectivity index (χ0) is 15.0. The summed E-state index contributed by atoms with van der Waals surface area (Å²) < 4.78 is 5.66. The van der Waals surface area contributed by atoms with Crippen LogP contribution >= 0.6 is 0 Å². The molecule has 1 aliphatic carbocycles. The summed E-state index contributed by atoms with van der Waals surface area (Å²) in [5.74, 6) is 0.173. The first-order valence-electron chi connectivity index (χ1n) is 8.09. The topological polar surface area (TPSA) is 58.6 Å². The molecule has 0 bridgehead atoms. The van der Waals surface area contributed by atoms with Crippen molar-refractivity contribution in [2.75, 3.05) is 19.8 Å². The van der Waals surface area contributed by atoms with Crippen LogP contribution in [0.5, 0.6) is 0 Å². The second-order valence-corrected chi connectivity index (χ2v) is 6.38. The van der Waals surface area contributed by atoms with Gasteiger partial charge in [0.1, 0.15) is 5.54 Å². The van der Waals surface area contributed by atoms with Crippen LogP contribution in [0.2, 0.25) is 0 Å². The third-order valence-electron chi connectivity index (χ3n) is 4.34. The molecule has 4 nitrogen and oxygen atoms in total. The first-order chi connectivity index (χ1) is 9.53. The second kappa shape index (κ2) is 8.63. The summed E-state index contributed by atoms with van der Waals surface area (Å²) in [6, 6.07) is 0. The molecule has 0 amide bonds. The Morgan fingerprint density at radius 2 is 2.20 bits per heavy atom. The number of hydrogen-bond acceptors (Lipinski definition) is 3. The molecule has 2 atom stereocenters. The van der Waals surface area contributed by atoms with Gasteiger partial charge < -0.3 is 15.2 Å². The molecule has 118 valence electrons. The van der Waals surface area contributed by atoms with Crippen LogP contribution in [-0.2, 0) is 9.53 Å². The summed E-state index contributed by atoms with van der Waals surface area (Å²) in [4.78, 5) is 11.7. The first kappa shape index (κ1) is 17.4. The smallest absolute Gasteiger partial charge is 0.324 e. The number of carboxylic acids is 1. The lowest BCUT2D eigenvalue weighted by Crippen LogP contribution is -2.55. The van der Waals surface area contributed by atoms with Crippen LogP contribution in [0.3, 0.4) is 0 Å². The van der Waals surface area contributed by atoms with Crippen LogP contribution in [-0.4, -0.2) is 36.4 Å². The molecule has 0 aromatic carbocycles. The number of carboxylic acid groups (broad SMARTS) is 1. The van der Waals surface area contributed by atoms with Gasteiger partial charge in [-0.25, -0.2) is 0 Å². The standard InChI is InChI=1S/C16H31NO3/c1-4-10-17-16(15(18)19)9-5-6-14(16)8-12-20-11-7-13(2)3/h13-14,17H,4-12H2,1-3H3,(H,18,19). The molecule has 1 fully saturated rings. The van der Waals surface area contributed by atoms with Gasteiger partial charge in [-0.05, 0) is 50.5 Å². The van der Waals surface area contributed by atoms with Crippen LogP contribution in [0.1, 0.15) is 59.3 Å². The van der Waals surface area contributed by atoms with E-state index in [2.05, 4.69) is 26.1 Å². The number of rotatable bonds is 10. The van der Waals surface area contributed by atoms with Crippen molar-refractivity contribution in [2.45, 2.75) is 64.8 Å². The molecular weight excluding hydrogens is 254 g/mol. The fraction of sp³-hybridized carbons (Fsp3) is 0.938. The van der Waals surface area contributed by atoms with Crippen LogP contribution < -0.4 is 5.32 Å². The zero-order valence-corrected chi connectivity index (χ0v) is 13.3. The van der Waals surface area contributed by atoms with E-state index < -0.39 is 11.5 Å². The summed E-state index contributed by atoms with van der Waals surface area (Å²) in [5.41, 5.74) is -0.711. The molecule has 1 rings (SSSR count). The van der Waals surface area contributed by atoms with E-state index in [0.717, 1.165) is 51.7 Å². The van der Waals surface area contributed by atoms with Gasteiger partial charge in [0.25, 0.3) is 0 Å². The lowest BCUT2D eigenvalue weighted by molar-refractivity contribution is -0.147. The summed E-state index contributed by atoms with van der Waals surface area (Å²) >= 11 is 0. The second-order valence-electron chi connectivity index (χ2n) is 6.38. The van der Waals surface area contributed by atoms with Crippen molar-refractivity contribution in [1.82, 2.24) is 5.32 Å². The van der Waals surface area contributed by atoms with Gasteiger partial charge in [-0.15, -0.1) is 0 Å². The predicted molar refractivity (Wildman–Crippen MR) is 80.9 cm³/mol. The summed E-state index contributed by atoms with van der Waals surface area (Å²) in [7, 11) is 0. The van der Waals surface area contributed by atoms with E-state index in [1.165, 1.54) is 0 Å². The number of nitrogens with one attached hydrogen (secondary N) is 1. The predicted octanol–water partition coefficient (Wildman–Crippen LogP) is 3.06. The molecule has 0 spiro atoms. The average Bonchev–Trinajstić information content (AvgIpc) is 2.80. The minimum Gasteiger partial charge on any atom is -0.480 e. The van der Waals surface area contributed by atoms with Gasteiger partial charge >= 0.3 is 5.97 Å². The summed E-state index contributed by atoms with van der Waals surface area (Å²) in [6.07, 6.45) is 5.63. The molecule has 0 saturated heterocycles. The molecule has 0 aromatic heterocycles. The fourth-order valence-corrected chi connectivity index (χ4v) is 3.05. The van der Waals surface area contributed by atoms with Crippen LogP contribution in [0.15, 0.2) is 0 Å². The van der Waals surface area contributed by atoms with Gasteiger partial charge in [0.15, 0.2) is 0 Å². The van der Waals surface area contributed by atoms with Crippen molar-refractivity contribution in [2.24, 2.45) is 11.8 Å². The maximum Gasteiger partial charge on any atom is 0.324 e. The highest BCUT2D eigenvalue weighted by atomic mass is 16.5. The van der Waals surface area contributed by atoms with Gasteiger partial charge in [0, 0.05) is 13.2 Å². The van der Waals surface area contributed by atoms with E-state index in [1.807, 2.05) is 0 Å². The van der Waals surface area contributed by atoms with Crippen molar-refractivity contribution in [1.29, 1.82) is 0 Å². The minimum absolute atomic E-state index is 0.200. The Kier molecular flexibility index (Phi) is 7.52. The normalized spacial score (nSPS) is 26.3. The Hall–Kier alpha value is -0.610. The Bertz CT molecular complexity index is 293. The van der Waals surface area contributed by atoms with Crippen molar-refractivity contribution in [3.8, 4) is 0 Å². The SMILES string of the molecule is CCCNC1(C(=O)O)CCCC1CCOCCC(C)C. The molecule has 1 aliphatic rings. The van der Waals surface area contributed by atoms with Crippen molar-refractivity contribution in [3.05, 3.63) is 0 Å². The quantitative estimate of drug-likeness (QED) is 0.606. The minimum atomic E-state index is -0.711. The zero-order valence-electron chi connectivity index (χ0n) is 13.3. The van der Waals surface area contributed by atoms with E-state index in [0.29, 0.717) is 12.5 Å². The Morgan fingerprint density at radius 3 is 2.80 bits per heavy atom. The van der Waals surface area contributed by atoms with Crippen molar-refractivity contribution in [3.63, 3.8) is 0 Å². The molecule has 0 heterocycles. The Labute approximate surface area is 123 Å². The third-order valence-corrected chi connectivity index (χ3v) is 4.34. The highest BCUT2D eigenvalue weighted by Gasteiger charge is 2.48. The van der Waals surface area contributed by atoms with E-state index in [9.17, 15) is 9.90 Å². The van der Waals surface area contributed by atoms with E-state index in [-0.39, 0.29) is 5.92 Å². The fourth-order valence-electron chi connectivity index (χ4n) is 3.05. The average molecular weight is 285 g/mol. The molecule has 0 aromatic rings. The number of ether oxygens (including phenoxy) is 1. The molecule has 4 heteroatoms. The monoisotopic (exact) mass is 285 g/mol. The largest absolute Gasteiger partial charge is 0.480 e. The maximum absolute atomic E-state index is 11.7. The summed E-state index contributed by atoms with van der Waals surface area (Å²) in [6.45, 7) is 8.68.